The van der Waals surface area contributed by atoms with Gasteiger partial charge in [-0.05, 0) is 40.7 Å². The van der Waals surface area contributed by atoms with Crippen LogP contribution >= 0.6 is 0 Å². The smallest absolute Gasteiger partial charge is 0.341 e. The Bertz CT molecular complexity index is 1140. The number of ether oxygens (including phenoxy) is 2. The van der Waals surface area contributed by atoms with Crippen molar-refractivity contribution in [3.63, 3.8) is 0 Å². The van der Waals surface area contributed by atoms with Gasteiger partial charge in [-0.3, -0.25) is 4.79 Å². The number of aromatic nitrogens is 1. The molecule has 1 aromatic heterocycles. The summed E-state index contributed by atoms with van der Waals surface area (Å²) in [6.07, 6.45) is 4.02. The molecule has 0 spiro atoms. The third kappa shape index (κ3) is 2.42. The average molecular weight is 391 g/mol. The molecule has 2 fully saturated rings. The molecule has 2 saturated heterocycles. The van der Waals surface area contributed by atoms with Crippen LogP contribution in [0.25, 0.3) is 11.1 Å². The van der Waals surface area contributed by atoms with Gasteiger partial charge in [-0.15, -0.1) is 0 Å². The number of aromatic carboxylic acids is 1. The van der Waals surface area contributed by atoms with Crippen molar-refractivity contribution in [3.8, 4) is 0 Å². The van der Waals surface area contributed by atoms with Gasteiger partial charge >= 0.3 is 5.97 Å². The number of hydrogen-bond acceptors (Lipinski definition) is 4. The first-order chi connectivity index (χ1) is 14.1. The first kappa shape index (κ1) is 17.2. The highest BCUT2D eigenvalue weighted by atomic mass is 16.5. The second-order valence-electron chi connectivity index (χ2n) is 8.34. The molecule has 1 aliphatic carbocycles. The maximum Gasteiger partial charge on any atom is 0.341 e. The van der Waals surface area contributed by atoms with Crippen molar-refractivity contribution in [2.24, 2.45) is 0 Å². The lowest BCUT2D eigenvalue weighted by molar-refractivity contribution is 0.0693. The largest absolute Gasteiger partial charge is 0.477 e. The van der Waals surface area contributed by atoms with Crippen LogP contribution in [0.1, 0.15) is 57.5 Å². The highest BCUT2D eigenvalue weighted by Gasteiger charge is 2.43. The van der Waals surface area contributed by atoms with Crippen LogP contribution in [-0.2, 0) is 15.9 Å². The van der Waals surface area contributed by atoms with E-state index in [0.717, 1.165) is 43.7 Å². The average Bonchev–Trinajstić information content (AvgIpc) is 3.45. The van der Waals surface area contributed by atoms with E-state index in [-0.39, 0.29) is 17.7 Å². The number of carboxylic acid groups (broad SMARTS) is 1. The molecule has 148 valence electrons. The van der Waals surface area contributed by atoms with Crippen LogP contribution in [0.2, 0.25) is 0 Å². The number of hydrogen-bond donors (Lipinski definition) is 1. The van der Waals surface area contributed by atoms with E-state index in [2.05, 4.69) is 18.2 Å². The molecule has 6 nitrogen and oxygen atoms in total. The second-order valence-corrected chi connectivity index (χ2v) is 8.34. The van der Waals surface area contributed by atoms with Gasteiger partial charge < -0.3 is 19.1 Å². The van der Waals surface area contributed by atoms with Crippen molar-refractivity contribution in [2.75, 3.05) is 19.8 Å². The summed E-state index contributed by atoms with van der Waals surface area (Å²) in [6.45, 7) is 2.22. The van der Waals surface area contributed by atoms with Crippen molar-refractivity contribution in [1.82, 2.24) is 4.57 Å². The number of allylic oxidation sites excluding steroid dienone is 1. The molecule has 0 radical (unpaired) electrons. The van der Waals surface area contributed by atoms with Crippen molar-refractivity contribution in [3.05, 3.63) is 68.6 Å². The molecule has 0 saturated carbocycles. The number of rotatable bonds is 2. The Morgan fingerprint density at radius 1 is 1.17 bits per heavy atom. The van der Waals surface area contributed by atoms with E-state index < -0.39 is 11.4 Å². The molecule has 3 aliphatic heterocycles. The van der Waals surface area contributed by atoms with E-state index in [1.165, 1.54) is 34.5 Å². The quantitative estimate of drug-likeness (QED) is 0.852. The van der Waals surface area contributed by atoms with Crippen LogP contribution in [0.3, 0.4) is 0 Å². The highest BCUT2D eigenvalue weighted by molar-refractivity contribution is 6.00. The van der Waals surface area contributed by atoms with E-state index >= 15 is 0 Å². The predicted molar refractivity (Wildman–Crippen MR) is 106 cm³/mol. The number of carbonyl (C=O) groups is 1. The molecule has 0 amide bonds. The molecule has 0 bridgehead atoms. The molecule has 4 aliphatic rings. The summed E-state index contributed by atoms with van der Waals surface area (Å²) in [7, 11) is 0. The summed E-state index contributed by atoms with van der Waals surface area (Å²) >= 11 is 0. The molecule has 3 atom stereocenters. The van der Waals surface area contributed by atoms with Gasteiger partial charge in [-0.1, -0.05) is 18.2 Å². The fraction of sp³-hybridized carbons (Fsp3) is 0.391. The SMILES string of the molecule is O=C(O)c1cn2c(cc1=O)C1=C(c3ccc(C4CCOC4)cc3C1)[C@H]1OCC[C@H]12. The Kier molecular flexibility index (Phi) is 3.64. The van der Waals surface area contributed by atoms with Crippen molar-refractivity contribution < 1.29 is 19.4 Å². The van der Waals surface area contributed by atoms with E-state index in [0.29, 0.717) is 12.5 Å². The Morgan fingerprint density at radius 3 is 2.86 bits per heavy atom. The Hall–Kier alpha value is -2.70. The van der Waals surface area contributed by atoms with Crippen molar-refractivity contribution in [1.29, 1.82) is 0 Å². The summed E-state index contributed by atoms with van der Waals surface area (Å²) in [5.41, 5.74) is 6.27. The number of fused-ring (bicyclic) bond motifs is 7. The standard InChI is InChI=1S/C23H21NO5/c25-20-9-19-16-8-14-7-12(13-3-5-28-11-13)1-2-15(14)21(16)22-18(4-6-29-22)24(19)10-17(20)23(26)27/h1-2,7,9-10,13,18,22H,3-6,8,11H2,(H,26,27)/t13?,18-,22+/m1/s1. The third-order valence-corrected chi connectivity index (χ3v) is 6.83. The maximum absolute atomic E-state index is 12.5. The van der Waals surface area contributed by atoms with Crippen molar-refractivity contribution in [2.45, 2.75) is 37.3 Å². The van der Waals surface area contributed by atoms with Crippen molar-refractivity contribution >= 4 is 17.1 Å². The highest BCUT2D eigenvalue weighted by Crippen LogP contribution is 2.50. The minimum Gasteiger partial charge on any atom is -0.477 e. The van der Waals surface area contributed by atoms with Gasteiger partial charge in [0, 0.05) is 43.5 Å². The van der Waals surface area contributed by atoms with E-state index in [1.54, 1.807) is 0 Å². The molecule has 4 heterocycles. The van der Waals surface area contributed by atoms with Crippen LogP contribution in [0.4, 0.5) is 0 Å². The Balaban J connectivity index is 1.50. The van der Waals surface area contributed by atoms with Crippen LogP contribution in [0, 0.1) is 0 Å². The lowest BCUT2D eigenvalue weighted by Gasteiger charge is -2.32. The minimum absolute atomic E-state index is 0.0244. The topological polar surface area (TPSA) is 77.8 Å². The zero-order valence-corrected chi connectivity index (χ0v) is 15.9. The van der Waals surface area contributed by atoms with E-state index in [9.17, 15) is 14.7 Å². The van der Waals surface area contributed by atoms with E-state index in [4.69, 9.17) is 9.47 Å². The third-order valence-electron chi connectivity index (χ3n) is 6.83. The number of nitrogens with zero attached hydrogens (tertiary/aromatic N) is 1. The lowest BCUT2D eigenvalue weighted by Crippen LogP contribution is -2.31. The maximum atomic E-state index is 12.5. The molecular weight excluding hydrogens is 370 g/mol. The molecule has 2 aromatic rings. The number of benzene rings is 1. The van der Waals surface area contributed by atoms with Gasteiger partial charge in [0.1, 0.15) is 11.7 Å². The zero-order valence-electron chi connectivity index (χ0n) is 15.9. The van der Waals surface area contributed by atoms with Crippen LogP contribution < -0.4 is 5.43 Å². The molecule has 1 aromatic carbocycles. The fourth-order valence-electron chi connectivity index (χ4n) is 5.44. The first-order valence-corrected chi connectivity index (χ1v) is 10.2. The summed E-state index contributed by atoms with van der Waals surface area (Å²) < 4.78 is 13.6. The van der Waals surface area contributed by atoms with Crippen LogP contribution in [-0.4, -0.2) is 41.6 Å². The van der Waals surface area contributed by atoms with Gasteiger partial charge in [-0.2, -0.15) is 0 Å². The molecule has 1 N–H and O–H groups in total. The Labute approximate surface area is 167 Å². The van der Waals surface area contributed by atoms with Gasteiger partial charge in [0.15, 0.2) is 5.43 Å². The summed E-state index contributed by atoms with van der Waals surface area (Å²) in [6, 6.07) is 8.21. The predicted octanol–water partition coefficient (Wildman–Crippen LogP) is 2.86. The minimum atomic E-state index is -1.18. The molecule has 6 heteroatoms. The second kappa shape index (κ2) is 6.15. The summed E-state index contributed by atoms with van der Waals surface area (Å²) in [5, 5.41) is 9.40. The molecule has 1 unspecified atom stereocenters. The van der Waals surface area contributed by atoms with E-state index in [1.807, 2.05) is 4.57 Å². The zero-order chi connectivity index (χ0) is 19.7. The van der Waals surface area contributed by atoms with Crippen LogP contribution in [0.15, 0.2) is 35.3 Å². The molecule has 29 heavy (non-hydrogen) atoms. The van der Waals surface area contributed by atoms with Gasteiger partial charge in [0.2, 0.25) is 0 Å². The monoisotopic (exact) mass is 391 g/mol. The molecule has 6 rings (SSSR count). The van der Waals surface area contributed by atoms with Gasteiger partial charge in [-0.25, -0.2) is 4.79 Å². The molecular formula is C23H21NO5. The summed E-state index contributed by atoms with van der Waals surface area (Å²) in [4.78, 5) is 24.0. The first-order valence-electron chi connectivity index (χ1n) is 10.2. The Morgan fingerprint density at radius 2 is 2.07 bits per heavy atom. The van der Waals surface area contributed by atoms with Crippen LogP contribution in [0.5, 0.6) is 0 Å². The number of carboxylic acids is 1. The van der Waals surface area contributed by atoms with Gasteiger partial charge in [0.25, 0.3) is 0 Å². The lowest BCUT2D eigenvalue weighted by atomic mass is 9.88. The normalized spacial score (nSPS) is 26.8. The van der Waals surface area contributed by atoms with Gasteiger partial charge in [0.05, 0.1) is 12.6 Å². The summed E-state index contributed by atoms with van der Waals surface area (Å²) in [5.74, 6) is -0.736. The number of pyridine rings is 1. The fourth-order valence-corrected chi connectivity index (χ4v) is 5.44.